The Hall–Kier alpha value is -1.55. The third kappa shape index (κ3) is 4.71. The van der Waals surface area contributed by atoms with Gasteiger partial charge >= 0.3 is 0 Å². The molecule has 0 bridgehead atoms. The number of hydrazone groups is 1. The second kappa shape index (κ2) is 7.82. The second-order valence-electron chi connectivity index (χ2n) is 5.78. The highest BCUT2D eigenvalue weighted by atomic mass is 35.5. The van der Waals surface area contributed by atoms with E-state index in [1.54, 1.807) is 11.0 Å². The number of quaternary nitrogens is 1. The number of rotatable bonds is 4. The van der Waals surface area contributed by atoms with Gasteiger partial charge in [0.15, 0.2) is 0 Å². The van der Waals surface area contributed by atoms with Crippen LogP contribution in [0.15, 0.2) is 53.6 Å². The van der Waals surface area contributed by atoms with Crippen LogP contribution < -0.4 is 4.90 Å². The minimum Gasteiger partial charge on any atom is -0.328 e. The average molecular weight is 349 g/mol. The van der Waals surface area contributed by atoms with Crippen molar-refractivity contribution < 1.29 is 4.90 Å². The number of piperazine rings is 1. The molecular formula is C18H20Cl2N3+. The van der Waals surface area contributed by atoms with Crippen molar-refractivity contribution in [3.8, 4) is 0 Å². The quantitative estimate of drug-likeness (QED) is 0.842. The number of hydrogen-bond acceptors (Lipinski definition) is 2. The van der Waals surface area contributed by atoms with Crippen LogP contribution >= 0.6 is 23.2 Å². The van der Waals surface area contributed by atoms with Crippen LogP contribution in [0.3, 0.4) is 0 Å². The van der Waals surface area contributed by atoms with E-state index >= 15 is 0 Å². The van der Waals surface area contributed by atoms with Gasteiger partial charge in [-0.25, -0.2) is 0 Å². The molecule has 0 aromatic heterocycles. The van der Waals surface area contributed by atoms with E-state index in [0.717, 1.165) is 38.3 Å². The van der Waals surface area contributed by atoms with Gasteiger partial charge in [0, 0.05) is 5.56 Å². The Morgan fingerprint density at radius 2 is 1.74 bits per heavy atom. The molecule has 1 N–H and O–H groups in total. The summed E-state index contributed by atoms with van der Waals surface area (Å²) in [5.74, 6) is 0. The van der Waals surface area contributed by atoms with Crippen molar-refractivity contribution in [3.05, 3.63) is 69.7 Å². The molecule has 1 aliphatic rings. The molecule has 0 radical (unpaired) electrons. The molecule has 0 amide bonds. The van der Waals surface area contributed by atoms with E-state index in [-0.39, 0.29) is 0 Å². The van der Waals surface area contributed by atoms with Gasteiger partial charge in [-0.15, -0.1) is 0 Å². The monoisotopic (exact) mass is 348 g/mol. The minimum atomic E-state index is 0.563. The largest absolute Gasteiger partial charge is 0.328 e. The molecule has 23 heavy (non-hydrogen) atoms. The maximum atomic E-state index is 6.02. The summed E-state index contributed by atoms with van der Waals surface area (Å²) in [5, 5.41) is 7.81. The van der Waals surface area contributed by atoms with E-state index in [1.165, 1.54) is 5.56 Å². The molecule has 1 heterocycles. The molecule has 2 aromatic rings. The fourth-order valence-corrected chi connectivity index (χ4v) is 3.04. The zero-order valence-electron chi connectivity index (χ0n) is 12.9. The lowest BCUT2D eigenvalue weighted by molar-refractivity contribution is -0.918. The van der Waals surface area contributed by atoms with Gasteiger partial charge in [0.1, 0.15) is 6.54 Å². The fourth-order valence-electron chi connectivity index (χ4n) is 2.73. The van der Waals surface area contributed by atoms with Crippen molar-refractivity contribution >= 4 is 29.4 Å². The third-order valence-electron chi connectivity index (χ3n) is 4.06. The molecule has 1 saturated heterocycles. The molecule has 1 fully saturated rings. The van der Waals surface area contributed by atoms with Crippen LogP contribution in [0.2, 0.25) is 10.0 Å². The van der Waals surface area contributed by atoms with Gasteiger partial charge in [-0.05, 0) is 17.7 Å². The Labute approximate surface area is 147 Å². The number of halogens is 2. The summed E-state index contributed by atoms with van der Waals surface area (Å²) in [6.07, 6.45) is 1.85. The summed E-state index contributed by atoms with van der Waals surface area (Å²) in [7, 11) is 0. The Kier molecular flexibility index (Phi) is 5.55. The van der Waals surface area contributed by atoms with Gasteiger partial charge in [-0.2, -0.15) is 5.10 Å². The van der Waals surface area contributed by atoms with Gasteiger partial charge in [0.2, 0.25) is 0 Å². The van der Waals surface area contributed by atoms with Gasteiger partial charge in [0.25, 0.3) is 0 Å². The van der Waals surface area contributed by atoms with Crippen LogP contribution in [-0.4, -0.2) is 37.4 Å². The van der Waals surface area contributed by atoms with Crippen molar-refractivity contribution in [3.63, 3.8) is 0 Å². The van der Waals surface area contributed by atoms with Gasteiger partial charge in [-0.1, -0.05) is 59.6 Å². The zero-order chi connectivity index (χ0) is 16.1. The van der Waals surface area contributed by atoms with Crippen molar-refractivity contribution in [1.82, 2.24) is 5.01 Å². The van der Waals surface area contributed by atoms with Gasteiger partial charge in [-0.3, -0.25) is 5.01 Å². The molecule has 120 valence electrons. The van der Waals surface area contributed by atoms with Crippen molar-refractivity contribution in [2.24, 2.45) is 5.10 Å². The fraction of sp³-hybridized carbons (Fsp3) is 0.278. The van der Waals surface area contributed by atoms with Crippen LogP contribution in [0.1, 0.15) is 11.1 Å². The molecule has 2 aromatic carbocycles. The summed E-state index contributed by atoms with van der Waals surface area (Å²) in [5.41, 5.74) is 2.37. The highest BCUT2D eigenvalue weighted by molar-refractivity contribution is 6.42. The summed E-state index contributed by atoms with van der Waals surface area (Å²) < 4.78 is 0. The molecule has 0 saturated carbocycles. The van der Waals surface area contributed by atoms with Crippen LogP contribution in [0.25, 0.3) is 0 Å². The molecule has 0 aliphatic carbocycles. The zero-order valence-corrected chi connectivity index (χ0v) is 14.4. The number of hydrogen-bond donors (Lipinski definition) is 1. The first-order valence-electron chi connectivity index (χ1n) is 7.82. The molecular weight excluding hydrogens is 329 g/mol. The van der Waals surface area contributed by atoms with Crippen LogP contribution in [0, 0.1) is 0 Å². The lowest BCUT2D eigenvalue weighted by atomic mass is 10.2. The van der Waals surface area contributed by atoms with Crippen molar-refractivity contribution in [1.29, 1.82) is 0 Å². The van der Waals surface area contributed by atoms with E-state index in [0.29, 0.717) is 10.0 Å². The maximum Gasteiger partial charge on any atom is 0.103 e. The highest BCUT2D eigenvalue weighted by Crippen LogP contribution is 2.21. The number of nitrogens with one attached hydrogen (secondary N) is 1. The summed E-state index contributed by atoms with van der Waals surface area (Å²) in [4.78, 5) is 1.61. The number of benzene rings is 2. The first-order chi connectivity index (χ1) is 11.2. The van der Waals surface area contributed by atoms with E-state index < -0.39 is 0 Å². The molecule has 3 rings (SSSR count). The predicted octanol–water partition coefficient (Wildman–Crippen LogP) is 2.73. The van der Waals surface area contributed by atoms with Gasteiger partial charge < -0.3 is 4.90 Å². The predicted molar refractivity (Wildman–Crippen MR) is 96.5 cm³/mol. The van der Waals surface area contributed by atoms with E-state index in [1.807, 2.05) is 18.3 Å². The first-order valence-corrected chi connectivity index (χ1v) is 8.58. The molecule has 0 unspecified atom stereocenters. The lowest BCUT2D eigenvalue weighted by Gasteiger charge is -2.30. The van der Waals surface area contributed by atoms with Crippen molar-refractivity contribution in [2.75, 3.05) is 26.2 Å². The molecule has 1 aliphatic heterocycles. The SMILES string of the molecule is Clc1ccc(/C=N\N2CC[NH+](Cc3ccccc3)CC2)cc1Cl. The highest BCUT2D eigenvalue weighted by Gasteiger charge is 2.18. The normalized spacial score (nSPS) is 16.2. The minimum absolute atomic E-state index is 0.563. The van der Waals surface area contributed by atoms with E-state index in [9.17, 15) is 0 Å². The molecule has 0 atom stereocenters. The maximum absolute atomic E-state index is 6.02. The topological polar surface area (TPSA) is 20.0 Å². The summed E-state index contributed by atoms with van der Waals surface area (Å²) in [6.45, 7) is 5.24. The van der Waals surface area contributed by atoms with Crippen LogP contribution in [-0.2, 0) is 6.54 Å². The van der Waals surface area contributed by atoms with E-state index in [4.69, 9.17) is 23.2 Å². The Morgan fingerprint density at radius 1 is 1.00 bits per heavy atom. The second-order valence-corrected chi connectivity index (χ2v) is 6.60. The first kappa shape index (κ1) is 16.3. The molecule has 5 heteroatoms. The van der Waals surface area contributed by atoms with Crippen molar-refractivity contribution in [2.45, 2.75) is 6.54 Å². The lowest BCUT2D eigenvalue weighted by Crippen LogP contribution is -3.13. The standard InChI is InChI=1S/C18H19Cl2N3/c19-17-7-6-16(12-18(17)20)13-21-23-10-8-22(9-11-23)14-15-4-2-1-3-5-15/h1-7,12-13H,8-11,14H2/p+1/b21-13-. The van der Waals surface area contributed by atoms with Crippen LogP contribution in [0.4, 0.5) is 0 Å². The molecule has 3 nitrogen and oxygen atoms in total. The number of nitrogens with zero attached hydrogens (tertiary/aromatic N) is 2. The van der Waals surface area contributed by atoms with Gasteiger partial charge in [0.05, 0.1) is 42.4 Å². The van der Waals surface area contributed by atoms with E-state index in [2.05, 4.69) is 40.4 Å². The Balaban J connectivity index is 1.50. The summed E-state index contributed by atoms with van der Waals surface area (Å²) >= 11 is 11.9. The Bertz CT molecular complexity index is 665. The molecule has 0 spiro atoms. The average Bonchev–Trinajstić information content (AvgIpc) is 2.58. The Morgan fingerprint density at radius 3 is 2.43 bits per heavy atom. The third-order valence-corrected chi connectivity index (χ3v) is 4.80. The smallest absolute Gasteiger partial charge is 0.103 e. The summed E-state index contributed by atoms with van der Waals surface area (Å²) in [6, 6.07) is 16.2. The van der Waals surface area contributed by atoms with Crippen LogP contribution in [0.5, 0.6) is 0 Å².